The molecule has 0 bridgehead atoms. The minimum absolute atomic E-state index is 0.0498. The molecule has 1 fully saturated rings. The van der Waals surface area contributed by atoms with E-state index in [2.05, 4.69) is 20.9 Å². The second-order valence-electron chi connectivity index (χ2n) is 13.5. The quantitative estimate of drug-likeness (QED) is 0.130. The van der Waals surface area contributed by atoms with E-state index in [9.17, 15) is 33.9 Å². The van der Waals surface area contributed by atoms with Gasteiger partial charge >= 0.3 is 5.97 Å². The van der Waals surface area contributed by atoms with Crippen LogP contribution in [0.2, 0.25) is 0 Å². The van der Waals surface area contributed by atoms with E-state index in [1.807, 2.05) is 73.8 Å². The fourth-order valence-corrected chi connectivity index (χ4v) is 7.55. The molecule has 1 aromatic heterocycles. The largest absolute Gasteiger partial charge is 0.481 e. The smallest absolute Gasteiger partial charge is 0.305 e. The molecule has 0 saturated carbocycles. The number of rotatable bonds is 12. The first-order chi connectivity index (χ1) is 24.5. The zero-order valence-corrected chi connectivity index (χ0v) is 28.3. The molecule has 5 unspecified atom stereocenters. The number of carbonyl (C=O) groups is 6. The van der Waals surface area contributed by atoms with Crippen LogP contribution < -0.4 is 21.7 Å². The Kier molecular flexibility index (Phi) is 10.4. The van der Waals surface area contributed by atoms with Crippen molar-refractivity contribution in [3.63, 3.8) is 0 Å². The van der Waals surface area contributed by atoms with E-state index in [0.717, 1.165) is 44.8 Å². The van der Waals surface area contributed by atoms with Crippen LogP contribution in [0.3, 0.4) is 0 Å². The number of nitrogens with two attached hydrogens (primary N) is 1. The van der Waals surface area contributed by atoms with Gasteiger partial charge in [0.1, 0.15) is 24.2 Å². The standard InChI is InChI=1S/C38H42N6O7/c1-2-6-23-13-14-44(38(51)30-17-26-20-40-27-10-5-9-25(33(26)27)18-31(45)41-30)34(23)37(50)43-29(19-32(46)47)36(49)42-28(35(39)48)16-21-11-12-22-7-3-4-8-24(22)15-21/h3-5,7-12,15,20,23,28-30,34,40H,2,6,13-14,16-19H2,1H3,(H2,39,48)(H,41,45)(H,42,49)(H,43,50)(H,46,47). The maximum absolute atomic E-state index is 14.2. The van der Waals surface area contributed by atoms with Gasteiger partial charge < -0.3 is 36.7 Å². The first-order valence-electron chi connectivity index (χ1n) is 17.3. The summed E-state index contributed by atoms with van der Waals surface area (Å²) in [6, 6.07) is 14.2. The maximum atomic E-state index is 14.2. The Labute approximate surface area is 294 Å². The molecule has 0 aliphatic carbocycles. The van der Waals surface area contributed by atoms with Gasteiger partial charge in [-0.25, -0.2) is 0 Å². The number of primary amides is 1. The summed E-state index contributed by atoms with van der Waals surface area (Å²) in [4.78, 5) is 83.9. The molecule has 5 atom stereocenters. The topological polar surface area (TPSA) is 204 Å². The Morgan fingerprint density at radius 2 is 1.76 bits per heavy atom. The molecular weight excluding hydrogens is 652 g/mol. The maximum Gasteiger partial charge on any atom is 0.305 e. The molecule has 2 aliphatic rings. The van der Waals surface area contributed by atoms with Crippen molar-refractivity contribution in [2.75, 3.05) is 6.54 Å². The lowest BCUT2D eigenvalue weighted by Crippen LogP contribution is -2.59. The van der Waals surface area contributed by atoms with Crippen molar-refractivity contribution in [2.45, 2.75) is 76.0 Å². The van der Waals surface area contributed by atoms with Crippen LogP contribution in [0.15, 0.2) is 66.9 Å². The van der Waals surface area contributed by atoms with Gasteiger partial charge in [-0.2, -0.15) is 0 Å². The summed E-state index contributed by atoms with van der Waals surface area (Å²) < 4.78 is 0. The van der Waals surface area contributed by atoms with Gasteiger partial charge in [0.05, 0.1) is 12.8 Å². The van der Waals surface area contributed by atoms with Crippen LogP contribution in [0.5, 0.6) is 0 Å². The highest BCUT2D eigenvalue weighted by Gasteiger charge is 2.45. The number of aromatic nitrogens is 1. The molecule has 0 spiro atoms. The fourth-order valence-electron chi connectivity index (χ4n) is 7.55. The highest BCUT2D eigenvalue weighted by atomic mass is 16.4. The van der Waals surface area contributed by atoms with E-state index in [0.29, 0.717) is 12.8 Å². The number of benzene rings is 3. The molecule has 13 heteroatoms. The SMILES string of the molecule is CCCC1CCN(C(=O)C2Cc3c[nH]c4cccc(c34)CC(=O)N2)C1C(=O)NC(CC(=O)O)C(=O)NC(Cc1ccc2ccccc2c1)C(N)=O. The van der Waals surface area contributed by atoms with Crippen molar-refractivity contribution < 1.29 is 33.9 Å². The lowest BCUT2D eigenvalue weighted by atomic mass is 9.93. The van der Waals surface area contributed by atoms with Crippen LogP contribution in [-0.2, 0) is 48.0 Å². The van der Waals surface area contributed by atoms with Crippen molar-refractivity contribution in [3.8, 4) is 0 Å². The lowest BCUT2D eigenvalue weighted by molar-refractivity contribution is -0.144. The van der Waals surface area contributed by atoms with Crippen LogP contribution >= 0.6 is 0 Å². The number of H-pyrrole nitrogens is 1. The molecule has 266 valence electrons. The second kappa shape index (κ2) is 15.0. The van der Waals surface area contributed by atoms with E-state index < -0.39 is 60.2 Å². The van der Waals surface area contributed by atoms with Gasteiger partial charge in [0.25, 0.3) is 0 Å². The first kappa shape index (κ1) is 35.1. The lowest BCUT2D eigenvalue weighted by Gasteiger charge is -2.32. The number of carbonyl (C=O) groups excluding carboxylic acids is 5. The second-order valence-corrected chi connectivity index (χ2v) is 13.5. The van der Waals surface area contributed by atoms with Crippen LogP contribution in [0, 0.1) is 5.92 Å². The van der Waals surface area contributed by atoms with E-state index in [-0.39, 0.29) is 37.6 Å². The minimum atomic E-state index is -1.56. The molecule has 0 radical (unpaired) electrons. The van der Waals surface area contributed by atoms with Gasteiger partial charge in [-0.05, 0) is 52.3 Å². The Morgan fingerprint density at radius 1 is 0.980 bits per heavy atom. The predicted molar refractivity (Wildman–Crippen MR) is 189 cm³/mol. The molecule has 2 aliphatic heterocycles. The van der Waals surface area contributed by atoms with Gasteiger partial charge in [0, 0.05) is 36.5 Å². The van der Waals surface area contributed by atoms with E-state index >= 15 is 0 Å². The molecule has 5 amide bonds. The van der Waals surface area contributed by atoms with E-state index in [1.165, 1.54) is 4.90 Å². The average molecular weight is 695 g/mol. The number of aliphatic carboxylic acids is 1. The monoisotopic (exact) mass is 694 g/mol. The number of hydrogen-bond donors (Lipinski definition) is 6. The Balaban J connectivity index is 1.20. The molecule has 7 N–H and O–H groups in total. The number of carboxylic acid groups (broad SMARTS) is 1. The minimum Gasteiger partial charge on any atom is -0.481 e. The zero-order chi connectivity index (χ0) is 36.2. The van der Waals surface area contributed by atoms with Gasteiger partial charge in [-0.15, -0.1) is 0 Å². The third kappa shape index (κ3) is 7.72. The third-order valence-corrected chi connectivity index (χ3v) is 9.94. The predicted octanol–water partition coefficient (Wildman–Crippen LogP) is 2.09. The Hall–Kier alpha value is -5.72. The number of fused-ring (bicyclic) bond motifs is 1. The summed E-state index contributed by atoms with van der Waals surface area (Å²) in [6.45, 7) is 2.21. The summed E-state index contributed by atoms with van der Waals surface area (Å²) in [5.74, 6) is -4.75. The number of carboxylic acids is 1. The number of hydrogen-bond acceptors (Lipinski definition) is 6. The number of nitrogens with one attached hydrogen (secondary N) is 4. The fraction of sp³-hybridized carbons (Fsp3) is 0.368. The Bertz CT molecular complexity index is 2010. The highest BCUT2D eigenvalue weighted by Crippen LogP contribution is 2.31. The Morgan fingerprint density at radius 3 is 2.51 bits per heavy atom. The molecule has 51 heavy (non-hydrogen) atoms. The van der Waals surface area contributed by atoms with E-state index in [1.54, 1.807) is 0 Å². The van der Waals surface area contributed by atoms with Crippen molar-refractivity contribution in [1.82, 2.24) is 25.8 Å². The number of likely N-dealkylation sites (tertiary alicyclic amines) is 1. The number of nitrogens with zero attached hydrogens (tertiary/aromatic N) is 1. The van der Waals surface area contributed by atoms with Crippen molar-refractivity contribution >= 4 is 57.2 Å². The van der Waals surface area contributed by atoms with Gasteiger partial charge in [0.15, 0.2) is 0 Å². The van der Waals surface area contributed by atoms with Gasteiger partial charge in [-0.1, -0.05) is 67.9 Å². The van der Waals surface area contributed by atoms with Crippen LogP contribution in [0.25, 0.3) is 21.7 Å². The third-order valence-electron chi connectivity index (χ3n) is 9.94. The van der Waals surface area contributed by atoms with Crippen molar-refractivity contribution in [2.24, 2.45) is 11.7 Å². The van der Waals surface area contributed by atoms with Crippen LogP contribution in [0.4, 0.5) is 0 Å². The molecule has 3 heterocycles. The van der Waals surface area contributed by atoms with E-state index in [4.69, 9.17) is 5.73 Å². The molecule has 4 aromatic rings. The zero-order valence-electron chi connectivity index (χ0n) is 28.3. The molecule has 13 nitrogen and oxygen atoms in total. The van der Waals surface area contributed by atoms with Gasteiger partial charge in [-0.3, -0.25) is 28.8 Å². The normalized spacial score (nSPS) is 19.8. The number of amides is 5. The molecule has 6 rings (SSSR count). The summed E-state index contributed by atoms with van der Waals surface area (Å²) >= 11 is 0. The molecule has 3 aromatic carbocycles. The summed E-state index contributed by atoms with van der Waals surface area (Å²) in [6.07, 6.45) is 3.26. The summed E-state index contributed by atoms with van der Waals surface area (Å²) in [5.41, 5.74) is 8.98. The van der Waals surface area contributed by atoms with Crippen molar-refractivity contribution in [1.29, 1.82) is 0 Å². The average Bonchev–Trinajstić information content (AvgIpc) is 3.71. The summed E-state index contributed by atoms with van der Waals surface area (Å²) in [5, 5.41) is 20.5. The van der Waals surface area contributed by atoms with Crippen LogP contribution in [0.1, 0.15) is 49.3 Å². The van der Waals surface area contributed by atoms with Gasteiger partial charge in [0.2, 0.25) is 29.5 Å². The van der Waals surface area contributed by atoms with Crippen LogP contribution in [-0.4, -0.2) is 81.2 Å². The molecule has 1 saturated heterocycles. The van der Waals surface area contributed by atoms with Crippen molar-refractivity contribution in [3.05, 3.63) is 83.6 Å². The first-order valence-corrected chi connectivity index (χ1v) is 17.3. The number of aromatic amines is 1. The highest BCUT2D eigenvalue weighted by molar-refractivity contribution is 5.99. The molecular formula is C38H42N6O7. The summed E-state index contributed by atoms with van der Waals surface area (Å²) in [7, 11) is 0.